The minimum absolute atomic E-state index is 0.895. The van der Waals surface area contributed by atoms with Gasteiger partial charge in [0, 0.05) is 0 Å². The zero-order chi connectivity index (χ0) is 11.2. The average molecular weight is 281 g/mol. The molecule has 1 fully saturated rings. The van der Waals surface area contributed by atoms with Crippen LogP contribution in [-0.4, -0.2) is 57.4 Å². The molecule has 0 amide bonds. The van der Waals surface area contributed by atoms with Gasteiger partial charge in [-0.15, -0.1) is 0 Å². The van der Waals surface area contributed by atoms with Crippen molar-refractivity contribution in [1.82, 2.24) is 9.88 Å². The van der Waals surface area contributed by atoms with Gasteiger partial charge in [-0.25, -0.2) is 0 Å². The zero-order valence-corrected chi connectivity index (χ0v) is 11.6. The van der Waals surface area contributed by atoms with Crippen molar-refractivity contribution in [1.29, 1.82) is 0 Å². The van der Waals surface area contributed by atoms with Crippen LogP contribution in [0.5, 0.6) is 0 Å². The molecule has 2 heterocycles. The summed E-state index contributed by atoms with van der Waals surface area (Å²) in [5, 5.41) is 1.29. The number of hydrogen-bond acceptors (Lipinski definition) is 3. The van der Waals surface area contributed by atoms with Crippen LogP contribution in [0.15, 0.2) is 18.3 Å². The van der Waals surface area contributed by atoms with Gasteiger partial charge in [0.25, 0.3) is 0 Å². The Balaban J connectivity index is 1.77. The Morgan fingerprint density at radius 1 is 1.50 bits per heavy atom. The van der Waals surface area contributed by atoms with Gasteiger partial charge in [0.15, 0.2) is 0 Å². The molecule has 2 rings (SSSR count). The van der Waals surface area contributed by atoms with E-state index >= 15 is 0 Å². The summed E-state index contributed by atoms with van der Waals surface area (Å²) in [4.78, 5) is 6.91. The topological polar surface area (TPSA) is 25.4 Å². The van der Waals surface area contributed by atoms with Gasteiger partial charge in [0.2, 0.25) is 0 Å². The Bertz CT molecular complexity index is 301. The summed E-state index contributed by atoms with van der Waals surface area (Å²) in [7, 11) is 0. The Labute approximate surface area is 102 Å². The number of pyridine rings is 1. The molecule has 1 aromatic rings. The third-order valence-electron chi connectivity index (χ3n) is 2.81. The molecule has 0 N–H and O–H groups in total. The molecular weight excluding hydrogens is 263 g/mol. The normalized spacial score (nSPS) is 19.6. The Morgan fingerprint density at radius 3 is 3.00 bits per heavy atom. The van der Waals surface area contributed by atoms with E-state index in [0.29, 0.717) is 0 Å². The maximum atomic E-state index is 5.34. The van der Waals surface area contributed by atoms with E-state index in [9.17, 15) is 0 Å². The first-order chi connectivity index (χ1) is 7.86. The van der Waals surface area contributed by atoms with E-state index in [2.05, 4.69) is 21.7 Å². The molecule has 3 nitrogen and oxygen atoms in total. The van der Waals surface area contributed by atoms with Crippen LogP contribution >= 0.6 is 0 Å². The number of rotatable bonds is 4. The summed E-state index contributed by atoms with van der Waals surface area (Å²) in [6.07, 6.45) is 1.88. The van der Waals surface area contributed by atoms with Gasteiger partial charge in [0.05, 0.1) is 0 Å². The molecule has 1 unspecified atom stereocenters. The van der Waals surface area contributed by atoms with E-state index in [1.807, 2.05) is 18.3 Å². The van der Waals surface area contributed by atoms with Crippen LogP contribution in [0.1, 0.15) is 0 Å². The van der Waals surface area contributed by atoms with E-state index in [0.717, 1.165) is 26.3 Å². The Hall–Kier alpha value is -0.372. The summed E-state index contributed by atoms with van der Waals surface area (Å²) in [6.45, 7) is 5.17. The van der Waals surface area contributed by atoms with Crippen LogP contribution < -0.4 is 4.48 Å². The van der Waals surface area contributed by atoms with Crippen molar-refractivity contribution in [3.8, 4) is 0 Å². The van der Waals surface area contributed by atoms with E-state index < -0.39 is 14.7 Å². The zero-order valence-electron chi connectivity index (χ0n) is 9.72. The van der Waals surface area contributed by atoms with E-state index in [1.165, 1.54) is 16.2 Å². The van der Waals surface area contributed by atoms with Crippen LogP contribution in [0.25, 0.3) is 0 Å². The Kier molecular flexibility index (Phi) is 4.83. The van der Waals surface area contributed by atoms with Gasteiger partial charge in [-0.05, 0) is 0 Å². The van der Waals surface area contributed by atoms with Crippen LogP contribution in [-0.2, 0) is 4.74 Å². The summed E-state index contributed by atoms with van der Waals surface area (Å²) in [6, 6.07) is 7.18. The maximum absolute atomic E-state index is 5.34. The number of morpholine rings is 1. The standard InChI is InChI=1S/C12H18AsN2O/c1-13(12-4-2-3-6-14-12)5-7-15-8-10-16-11-9-15/h2-3,6H,5,7-11H2,1H3. The van der Waals surface area contributed by atoms with Gasteiger partial charge in [-0.2, -0.15) is 0 Å². The predicted octanol–water partition coefficient (Wildman–Crippen LogP) is 0.546. The molecule has 1 radical (unpaired) electrons. The number of nitrogens with zero attached hydrogens (tertiary/aromatic N) is 2. The fourth-order valence-electron chi connectivity index (χ4n) is 1.75. The molecule has 1 atom stereocenters. The second kappa shape index (κ2) is 6.38. The van der Waals surface area contributed by atoms with Crippen molar-refractivity contribution in [2.45, 2.75) is 10.9 Å². The third-order valence-corrected chi connectivity index (χ3v) is 6.67. The van der Waals surface area contributed by atoms with E-state index in [1.54, 1.807) is 0 Å². The van der Waals surface area contributed by atoms with Crippen LogP contribution in [0.3, 0.4) is 0 Å². The molecule has 0 saturated carbocycles. The van der Waals surface area contributed by atoms with Gasteiger partial charge >= 0.3 is 102 Å². The van der Waals surface area contributed by atoms with Crippen LogP contribution in [0, 0.1) is 6.07 Å². The molecule has 1 aliphatic rings. The van der Waals surface area contributed by atoms with Crippen molar-refractivity contribution in [2.24, 2.45) is 0 Å². The minimum atomic E-state index is -0.949. The summed E-state index contributed by atoms with van der Waals surface area (Å²) in [5.74, 6) is 0. The summed E-state index contributed by atoms with van der Waals surface area (Å²) < 4.78 is 6.57. The fraction of sp³-hybridized carbons (Fsp3) is 0.583. The van der Waals surface area contributed by atoms with Crippen LogP contribution in [0.2, 0.25) is 10.9 Å². The molecule has 4 heteroatoms. The first kappa shape index (κ1) is 12.1. The molecular formula is C12H18AsN2O. The second-order valence-corrected chi connectivity index (χ2v) is 8.74. The molecule has 0 aliphatic carbocycles. The molecule has 0 bridgehead atoms. The summed E-state index contributed by atoms with van der Waals surface area (Å²) in [5.41, 5.74) is 2.37. The van der Waals surface area contributed by atoms with Gasteiger partial charge in [0.1, 0.15) is 0 Å². The van der Waals surface area contributed by atoms with E-state index in [4.69, 9.17) is 4.74 Å². The third kappa shape index (κ3) is 3.58. The SMILES string of the molecule is C[As](CCN1CCOCC1)c1[c]cccn1. The van der Waals surface area contributed by atoms with Gasteiger partial charge < -0.3 is 0 Å². The van der Waals surface area contributed by atoms with Crippen molar-refractivity contribution in [2.75, 3.05) is 32.8 Å². The molecule has 1 aromatic heterocycles. The second-order valence-electron chi connectivity index (χ2n) is 3.98. The van der Waals surface area contributed by atoms with E-state index in [-0.39, 0.29) is 0 Å². The number of aromatic nitrogens is 1. The summed E-state index contributed by atoms with van der Waals surface area (Å²) >= 11 is -0.949. The average Bonchev–Trinajstić information content (AvgIpc) is 2.38. The molecule has 16 heavy (non-hydrogen) atoms. The molecule has 0 aromatic carbocycles. The monoisotopic (exact) mass is 281 g/mol. The number of hydrogen-bond donors (Lipinski definition) is 0. The Morgan fingerprint density at radius 2 is 2.31 bits per heavy atom. The molecule has 1 aliphatic heterocycles. The molecule has 87 valence electrons. The van der Waals surface area contributed by atoms with Crippen molar-refractivity contribution in [3.05, 3.63) is 24.4 Å². The van der Waals surface area contributed by atoms with Gasteiger partial charge in [-0.3, -0.25) is 0 Å². The first-order valence-corrected chi connectivity index (χ1v) is 9.84. The van der Waals surface area contributed by atoms with Crippen molar-refractivity contribution in [3.63, 3.8) is 0 Å². The molecule has 1 saturated heterocycles. The van der Waals surface area contributed by atoms with Crippen molar-refractivity contribution < 1.29 is 4.74 Å². The molecule has 0 spiro atoms. The van der Waals surface area contributed by atoms with Crippen molar-refractivity contribution >= 4 is 19.1 Å². The van der Waals surface area contributed by atoms with Crippen LogP contribution in [0.4, 0.5) is 0 Å². The predicted molar refractivity (Wildman–Crippen MR) is 66.4 cm³/mol. The fourth-order valence-corrected chi connectivity index (χ4v) is 4.59. The number of ether oxygens (including phenoxy) is 1. The first-order valence-electron chi connectivity index (χ1n) is 5.70. The quantitative estimate of drug-likeness (QED) is 0.754. The van der Waals surface area contributed by atoms with Gasteiger partial charge in [-0.1, -0.05) is 0 Å².